The van der Waals surface area contributed by atoms with Crippen molar-refractivity contribution in [3.8, 4) is 0 Å². The van der Waals surface area contributed by atoms with E-state index in [1.54, 1.807) is 28.2 Å². The molecule has 3 aromatic carbocycles. The van der Waals surface area contributed by atoms with E-state index in [0.29, 0.717) is 17.3 Å². The molecule has 0 aromatic heterocycles. The molecule has 1 fully saturated rings. The van der Waals surface area contributed by atoms with Gasteiger partial charge < -0.3 is 24.8 Å². The summed E-state index contributed by atoms with van der Waals surface area (Å²) < 4.78 is 1.42. The van der Waals surface area contributed by atoms with Gasteiger partial charge in [-0.3, -0.25) is 6.08 Å². The minimum atomic E-state index is 0. The van der Waals surface area contributed by atoms with Crippen molar-refractivity contribution in [2.45, 2.75) is 109 Å². The number of hydrogen-bond donors (Lipinski definition) is 0. The van der Waals surface area contributed by atoms with Crippen LogP contribution in [0.5, 0.6) is 0 Å². The van der Waals surface area contributed by atoms with Crippen molar-refractivity contribution in [2.75, 3.05) is 0 Å². The normalized spacial score (nSPS) is 24.6. The molecule has 1 saturated carbocycles. The molecule has 0 saturated heterocycles. The van der Waals surface area contributed by atoms with Gasteiger partial charge >= 0.3 is 99.2 Å². The van der Waals surface area contributed by atoms with Gasteiger partial charge in [0.2, 0.25) is 0 Å². The molecule has 0 bridgehead atoms. The quantitative estimate of drug-likeness (QED) is 0.229. The van der Waals surface area contributed by atoms with Crippen molar-refractivity contribution in [1.29, 1.82) is 0 Å². The third kappa shape index (κ3) is 7.73. The minimum absolute atomic E-state index is 0. The molecule has 3 atom stereocenters. The standard InChI is InChI=1S/C29H37.C13H10.C11H17.2ClH.Zr/c1-18-25-22-17-19-13-9-10-14-20(19)24(22)21-15-11-12-16-23(21)29(25,8)28(6,7)27(4,5)26(18,2)3;1-3-7-12(8-4-1)11-13-9-5-2-6-10-13;1-8-6-9(2)10(7-8)11(3,4)5;;;/h9-11,13-15,23H,12,16-17H2,1-8H3;1-10H;7-8H,1-5H3;2*1H;/q-1;;-1;;;+2/p-2. The number of allylic oxidation sites excluding steroid dienone is 10. The number of fused-ring (bicyclic) bond motifs is 6. The molecule has 0 N–H and O–H groups in total. The SMILES string of the molecule is CC1=[C-]C(C)C=C1C(C)(C)C.C[C-]1C2=C3Cc4ccccc4C3=C3C=CCCC3C2(C)C(C)(C)C(C)(C)C1(C)C.[Cl-].[Cl-].[Zr+2]=[C](c1ccccc1)c1ccccc1. The fourth-order valence-corrected chi connectivity index (χ4v) is 11.4. The zero-order chi connectivity index (χ0) is 39.4. The van der Waals surface area contributed by atoms with E-state index in [0.717, 1.165) is 6.42 Å². The van der Waals surface area contributed by atoms with Crippen molar-refractivity contribution >= 4 is 8.78 Å². The summed E-state index contributed by atoms with van der Waals surface area (Å²) in [5.74, 6) is 2.76. The fourth-order valence-electron chi connectivity index (χ4n) is 10.6. The number of benzene rings is 3. The molecule has 3 aromatic rings. The Kier molecular flexibility index (Phi) is 14.1. The summed E-state index contributed by atoms with van der Waals surface area (Å²) in [6.07, 6.45) is 14.2. The van der Waals surface area contributed by atoms with Crippen molar-refractivity contribution < 1.29 is 49.0 Å². The molecule has 0 heterocycles. The first-order chi connectivity index (χ1) is 25.3. The van der Waals surface area contributed by atoms with Crippen LogP contribution < -0.4 is 24.8 Å². The van der Waals surface area contributed by atoms with Crippen LogP contribution in [0.1, 0.15) is 125 Å². The topological polar surface area (TPSA) is 0 Å². The van der Waals surface area contributed by atoms with Gasteiger partial charge in [-0.25, -0.2) is 11.5 Å². The Morgan fingerprint density at radius 2 is 1.32 bits per heavy atom. The zero-order valence-corrected chi connectivity index (χ0v) is 40.3. The second kappa shape index (κ2) is 17.0. The van der Waals surface area contributed by atoms with Gasteiger partial charge in [0.15, 0.2) is 0 Å². The molecule has 56 heavy (non-hydrogen) atoms. The van der Waals surface area contributed by atoms with E-state index >= 15 is 0 Å². The number of rotatable bonds is 2. The monoisotopic (exact) mass is 860 g/mol. The Balaban J connectivity index is 0.000000215. The molecular weight excluding hydrogens is 799 g/mol. The van der Waals surface area contributed by atoms with Crippen LogP contribution in [0, 0.1) is 50.9 Å². The van der Waals surface area contributed by atoms with E-state index in [1.165, 1.54) is 73.7 Å². The first-order valence-corrected chi connectivity index (χ1v) is 21.6. The third-order valence-corrected chi connectivity index (χ3v) is 16.4. The average Bonchev–Trinajstić information content (AvgIpc) is 3.71. The van der Waals surface area contributed by atoms with Crippen molar-refractivity contribution in [1.82, 2.24) is 0 Å². The van der Waals surface area contributed by atoms with E-state index in [4.69, 9.17) is 0 Å². The molecule has 5 aliphatic rings. The van der Waals surface area contributed by atoms with Gasteiger partial charge in [0.25, 0.3) is 0 Å². The molecule has 0 nitrogen and oxygen atoms in total. The zero-order valence-electron chi connectivity index (χ0n) is 36.3. The number of hydrogen-bond acceptors (Lipinski definition) is 0. The van der Waals surface area contributed by atoms with Gasteiger partial charge in [0.05, 0.1) is 0 Å². The van der Waals surface area contributed by atoms with Gasteiger partial charge in [-0.05, 0) is 40.6 Å². The average molecular weight is 863 g/mol. The van der Waals surface area contributed by atoms with E-state index in [-0.39, 0.29) is 46.5 Å². The molecule has 3 heteroatoms. The van der Waals surface area contributed by atoms with Crippen LogP contribution in [0.4, 0.5) is 0 Å². The van der Waals surface area contributed by atoms with Crippen LogP contribution in [0.2, 0.25) is 0 Å². The molecule has 0 spiro atoms. The van der Waals surface area contributed by atoms with Crippen molar-refractivity contribution in [3.05, 3.63) is 165 Å². The van der Waals surface area contributed by atoms with E-state index in [9.17, 15) is 0 Å². The van der Waals surface area contributed by atoms with E-state index in [1.807, 2.05) is 0 Å². The summed E-state index contributed by atoms with van der Waals surface area (Å²) >= 11 is 1.46. The fraction of sp³-hybridized carbons (Fsp3) is 0.434. The predicted octanol–water partition coefficient (Wildman–Crippen LogP) is 8.13. The van der Waals surface area contributed by atoms with Gasteiger partial charge in [-0.2, -0.15) is 22.8 Å². The third-order valence-electron chi connectivity index (χ3n) is 15.0. The molecular formula is C53H64Cl2Zr-2. The summed E-state index contributed by atoms with van der Waals surface area (Å²) in [5, 5.41) is 0. The Labute approximate surface area is 368 Å². The first-order valence-electron chi connectivity index (χ1n) is 20.4. The molecule has 5 aliphatic carbocycles. The Hall–Kier alpha value is -2.44. The molecule has 296 valence electrons. The van der Waals surface area contributed by atoms with Gasteiger partial charge in [0.1, 0.15) is 0 Å². The molecule has 0 radical (unpaired) electrons. The molecule has 0 amide bonds. The maximum absolute atomic E-state index is 3.40. The molecule has 8 rings (SSSR count). The van der Waals surface area contributed by atoms with Crippen LogP contribution in [0.3, 0.4) is 0 Å². The van der Waals surface area contributed by atoms with Gasteiger partial charge in [-0.1, -0.05) is 159 Å². The van der Waals surface area contributed by atoms with Crippen LogP contribution in [0.25, 0.3) is 5.57 Å². The van der Waals surface area contributed by atoms with E-state index < -0.39 is 0 Å². The Morgan fingerprint density at radius 1 is 0.786 bits per heavy atom. The second-order valence-electron chi connectivity index (χ2n) is 19.2. The summed E-state index contributed by atoms with van der Waals surface area (Å²) in [7, 11) is 0. The second-order valence-corrected chi connectivity index (χ2v) is 20.5. The van der Waals surface area contributed by atoms with Crippen molar-refractivity contribution in [2.24, 2.45) is 38.9 Å². The van der Waals surface area contributed by atoms with Gasteiger partial charge in [0, 0.05) is 0 Å². The predicted molar refractivity (Wildman–Crippen MR) is 230 cm³/mol. The van der Waals surface area contributed by atoms with Crippen molar-refractivity contribution in [3.63, 3.8) is 0 Å². The Bertz CT molecular complexity index is 2020. The van der Waals surface area contributed by atoms with Crippen LogP contribution in [0.15, 0.2) is 131 Å². The first kappa shape index (κ1) is 46.3. The maximum atomic E-state index is 3.40. The summed E-state index contributed by atoms with van der Waals surface area (Å²) in [4.78, 5) is 0. The molecule has 0 aliphatic heterocycles. The summed E-state index contributed by atoms with van der Waals surface area (Å²) in [5.41, 5.74) is 16.1. The van der Waals surface area contributed by atoms with Crippen LogP contribution >= 0.6 is 0 Å². The van der Waals surface area contributed by atoms with Crippen LogP contribution in [-0.2, 0) is 30.7 Å². The van der Waals surface area contributed by atoms with Crippen LogP contribution in [-0.4, -0.2) is 3.21 Å². The van der Waals surface area contributed by atoms with E-state index in [2.05, 4.69) is 199 Å². The van der Waals surface area contributed by atoms with Gasteiger partial charge in [-0.15, -0.1) is 6.92 Å². The Morgan fingerprint density at radius 3 is 1.82 bits per heavy atom. The summed E-state index contributed by atoms with van der Waals surface area (Å²) in [6, 6.07) is 30.3. The molecule has 3 unspecified atom stereocenters. The summed E-state index contributed by atoms with van der Waals surface area (Å²) in [6.45, 7) is 31.4. The number of halogens is 2.